The highest BCUT2D eigenvalue weighted by molar-refractivity contribution is 14.1. The van der Waals surface area contributed by atoms with Crippen LogP contribution >= 0.6 is 22.6 Å². The predicted molar refractivity (Wildman–Crippen MR) is 81.1 cm³/mol. The van der Waals surface area contributed by atoms with Crippen LogP contribution in [0, 0.1) is 6.92 Å². The molecule has 3 nitrogen and oxygen atoms in total. The largest absolute Gasteiger partial charge is 0.383 e. The quantitative estimate of drug-likeness (QED) is 0.423. The van der Waals surface area contributed by atoms with Gasteiger partial charge in [-0.05, 0) is 48.1 Å². The molecule has 0 aliphatic heterocycles. The third kappa shape index (κ3) is 4.61. The van der Waals surface area contributed by atoms with Crippen LogP contribution in [0.3, 0.4) is 0 Å². The third-order valence-electron chi connectivity index (χ3n) is 2.42. The first-order valence-electron chi connectivity index (χ1n) is 5.80. The van der Waals surface area contributed by atoms with E-state index in [9.17, 15) is 8.42 Å². The molecular formula is C13H17IO3S. The lowest BCUT2D eigenvalue weighted by Crippen LogP contribution is -2.06. The fourth-order valence-corrected chi connectivity index (χ4v) is 2.95. The monoisotopic (exact) mass is 380 g/mol. The van der Waals surface area contributed by atoms with Crippen molar-refractivity contribution in [1.29, 1.82) is 0 Å². The molecular weight excluding hydrogens is 363 g/mol. The van der Waals surface area contributed by atoms with E-state index in [0.29, 0.717) is 12.2 Å². The number of allylic oxidation sites excluding steroid dienone is 1. The summed E-state index contributed by atoms with van der Waals surface area (Å²) in [5.41, 5.74) is 1.02. The number of aryl methyl sites for hydroxylation is 1. The summed E-state index contributed by atoms with van der Waals surface area (Å²) in [5, 5.41) is 0. The zero-order chi connectivity index (χ0) is 13.6. The zero-order valence-corrected chi connectivity index (χ0v) is 13.5. The summed E-state index contributed by atoms with van der Waals surface area (Å²) in [6.07, 6.45) is 2.56. The van der Waals surface area contributed by atoms with E-state index in [1.165, 1.54) is 0 Å². The van der Waals surface area contributed by atoms with Crippen molar-refractivity contribution in [1.82, 2.24) is 0 Å². The van der Waals surface area contributed by atoms with E-state index < -0.39 is 10.1 Å². The average molecular weight is 380 g/mol. The molecule has 0 fully saturated rings. The van der Waals surface area contributed by atoms with Crippen molar-refractivity contribution in [3.8, 4) is 0 Å². The van der Waals surface area contributed by atoms with Crippen molar-refractivity contribution in [2.45, 2.75) is 38.0 Å². The van der Waals surface area contributed by atoms with Gasteiger partial charge < -0.3 is 4.18 Å². The molecule has 5 heteroatoms. The number of hydrogen-bond donors (Lipinski definition) is 0. The number of benzene rings is 1. The Hall–Kier alpha value is -0.560. The summed E-state index contributed by atoms with van der Waals surface area (Å²) in [5.74, 6) is 0.498. The lowest BCUT2D eigenvalue weighted by atomic mass is 10.2. The second-order valence-corrected chi connectivity index (χ2v) is 6.20. The Labute approximate surface area is 123 Å². The number of rotatable bonds is 6. The smallest absolute Gasteiger partial charge is 0.338 e. The maximum atomic E-state index is 12.0. The molecule has 1 aromatic carbocycles. The standard InChI is InChI=1S/C13H17IO3S/c1-3-4-5-12(10-14)17-18(15,16)13-8-6-11(2)7-9-13/h6-10H,3-5H2,1-2H3/b12-10+. The van der Waals surface area contributed by atoms with Crippen LogP contribution in [0.5, 0.6) is 0 Å². The summed E-state index contributed by atoms with van der Waals surface area (Å²) < 4.78 is 30.8. The van der Waals surface area contributed by atoms with Crippen LogP contribution in [0.4, 0.5) is 0 Å². The van der Waals surface area contributed by atoms with Crippen molar-refractivity contribution < 1.29 is 12.6 Å². The van der Waals surface area contributed by atoms with Crippen molar-refractivity contribution in [3.05, 3.63) is 39.7 Å². The van der Waals surface area contributed by atoms with E-state index in [2.05, 4.69) is 6.92 Å². The van der Waals surface area contributed by atoms with E-state index in [0.717, 1.165) is 18.4 Å². The van der Waals surface area contributed by atoms with E-state index in [1.54, 1.807) is 28.3 Å². The second kappa shape index (κ2) is 7.13. The van der Waals surface area contributed by atoms with Crippen molar-refractivity contribution in [3.63, 3.8) is 0 Å². The van der Waals surface area contributed by atoms with Gasteiger partial charge in [0, 0.05) is 10.5 Å². The van der Waals surface area contributed by atoms with Crippen molar-refractivity contribution in [2.75, 3.05) is 0 Å². The summed E-state index contributed by atoms with van der Waals surface area (Å²) in [6, 6.07) is 6.65. The Bertz CT molecular complexity index is 504. The van der Waals surface area contributed by atoms with Gasteiger partial charge in [-0.15, -0.1) is 0 Å². The molecule has 0 aliphatic carbocycles. The molecule has 18 heavy (non-hydrogen) atoms. The van der Waals surface area contributed by atoms with Gasteiger partial charge in [0.15, 0.2) is 0 Å². The molecule has 0 saturated heterocycles. The summed E-state index contributed by atoms with van der Waals surface area (Å²) in [7, 11) is -3.69. The SMILES string of the molecule is CCCC/C(=C\I)OS(=O)(=O)c1ccc(C)cc1. The zero-order valence-electron chi connectivity index (χ0n) is 10.5. The van der Waals surface area contributed by atoms with Gasteiger partial charge in [-0.3, -0.25) is 0 Å². The number of halogens is 1. The molecule has 0 N–H and O–H groups in total. The highest BCUT2D eigenvalue weighted by atomic mass is 127. The highest BCUT2D eigenvalue weighted by Crippen LogP contribution is 2.20. The molecule has 0 radical (unpaired) electrons. The first kappa shape index (κ1) is 15.5. The molecule has 0 aliphatic rings. The molecule has 1 aromatic rings. The molecule has 0 aromatic heterocycles. The molecule has 0 amide bonds. The predicted octanol–water partition coefficient (Wildman–Crippen LogP) is 4.17. The van der Waals surface area contributed by atoms with Gasteiger partial charge in [-0.25, -0.2) is 0 Å². The Morgan fingerprint density at radius 1 is 1.33 bits per heavy atom. The average Bonchev–Trinajstić information content (AvgIpc) is 2.35. The fraction of sp³-hybridized carbons (Fsp3) is 0.385. The van der Waals surface area contributed by atoms with Gasteiger partial charge >= 0.3 is 10.1 Å². The van der Waals surface area contributed by atoms with Crippen LogP contribution < -0.4 is 0 Å². The van der Waals surface area contributed by atoms with Gasteiger partial charge in [0.2, 0.25) is 0 Å². The van der Waals surface area contributed by atoms with Crippen LogP contribution in [0.2, 0.25) is 0 Å². The topological polar surface area (TPSA) is 43.4 Å². The van der Waals surface area contributed by atoms with Crippen LogP contribution in [0.15, 0.2) is 39.0 Å². The summed E-state index contributed by atoms with van der Waals surface area (Å²) >= 11 is 2.00. The normalized spacial score (nSPS) is 12.5. The Morgan fingerprint density at radius 2 is 1.94 bits per heavy atom. The summed E-state index contributed by atoms with van der Waals surface area (Å²) in [6.45, 7) is 3.97. The molecule has 0 bridgehead atoms. The maximum Gasteiger partial charge on any atom is 0.338 e. The van der Waals surface area contributed by atoms with Gasteiger partial charge in [0.1, 0.15) is 10.7 Å². The molecule has 0 spiro atoms. The second-order valence-electron chi connectivity index (χ2n) is 4.03. The third-order valence-corrected chi connectivity index (χ3v) is 4.40. The fourth-order valence-electron chi connectivity index (χ4n) is 1.36. The van der Waals surface area contributed by atoms with Crippen LogP contribution in [-0.2, 0) is 14.3 Å². The minimum atomic E-state index is -3.69. The van der Waals surface area contributed by atoms with Crippen molar-refractivity contribution >= 4 is 32.7 Å². The van der Waals surface area contributed by atoms with Crippen LogP contribution in [0.25, 0.3) is 0 Å². The first-order valence-corrected chi connectivity index (χ1v) is 8.45. The summed E-state index contributed by atoms with van der Waals surface area (Å²) in [4.78, 5) is 0.195. The minimum Gasteiger partial charge on any atom is -0.383 e. The lowest BCUT2D eigenvalue weighted by molar-refractivity contribution is 0.388. The van der Waals surface area contributed by atoms with E-state index in [1.807, 2.05) is 29.5 Å². The van der Waals surface area contributed by atoms with Crippen molar-refractivity contribution in [2.24, 2.45) is 0 Å². The Kier molecular flexibility index (Phi) is 6.14. The first-order chi connectivity index (χ1) is 8.49. The van der Waals surface area contributed by atoms with E-state index in [-0.39, 0.29) is 4.90 Å². The molecule has 1 rings (SSSR count). The van der Waals surface area contributed by atoms with Gasteiger partial charge in [0.05, 0.1) is 0 Å². The molecule has 0 atom stereocenters. The number of unbranched alkanes of at least 4 members (excludes halogenated alkanes) is 1. The van der Waals surface area contributed by atoms with E-state index >= 15 is 0 Å². The Balaban J connectivity index is 2.84. The highest BCUT2D eigenvalue weighted by Gasteiger charge is 2.17. The van der Waals surface area contributed by atoms with Gasteiger partial charge in [0.25, 0.3) is 0 Å². The minimum absolute atomic E-state index is 0.195. The number of hydrogen-bond acceptors (Lipinski definition) is 3. The molecule has 0 unspecified atom stereocenters. The lowest BCUT2D eigenvalue weighted by Gasteiger charge is -2.09. The maximum absolute atomic E-state index is 12.0. The van der Waals surface area contributed by atoms with Gasteiger partial charge in [-0.1, -0.05) is 31.0 Å². The van der Waals surface area contributed by atoms with Gasteiger partial charge in [-0.2, -0.15) is 8.42 Å². The Morgan fingerprint density at radius 3 is 2.44 bits per heavy atom. The van der Waals surface area contributed by atoms with Crippen LogP contribution in [0.1, 0.15) is 31.7 Å². The molecule has 0 saturated carbocycles. The van der Waals surface area contributed by atoms with E-state index in [4.69, 9.17) is 4.18 Å². The van der Waals surface area contributed by atoms with Crippen LogP contribution in [-0.4, -0.2) is 8.42 Å². The molecule has 100 valence electrons. The molecule has 0 heterocycles.